The number of aromatic nitrogens is 5. The van der Waals surface area contributed by atoms with Crippen LogP contribution in [0.5, 0.6) is 0 Å². The summed E-state index contributed by atoms with van der Waals surface area (Å²) in [6, 6.07) is 83.3. The predicted octanol–water partition coefficient (Wildman–Crippen LogP) is 16.3. The van der Waals surface area contributed by atoms with Crippen LogP contribution in [0.4, 0.5) is 0 Å². The highest BCUT2D eigenvalue weighted by Gasteiger charge is 2.25. The molecule has 0 saturated carbocycles. The zero-order chi connectivity index (χ0) is 45.4. The van der Waals surface area contributed by atoms with Crippen molar-refractivity contribution in [3.8, 4) is 67.8 Å². The van der Waals surface area contributed by atoms with Crippen LogP contribution in [-0.4, -0.2) is 24.1 Å². The van der Waals surface area contributed by atoms with E-state index in [0.29, 0.717) is 17.5 Å². The second-order valence-corrected chi connectivity index (χ2v) is 17.5. The molecule has 0 aliphatic carbocycles. The van der Waals surface area contributed by atoms with Crippen LogP contribution in [0, 0.1) is 0 Å². The highest BCUT2D eigenvalue weighted by atomic mass is 16.3. The maximum absolute atomic E-state index is 6.87. The summed E-state index contributed by atoms with van der Waals surface area (Å²) in [4.78, 5) is 15.7. The molecule has 0 fully saturated rings. The molecule has 14 aromatic rings. The van der Waals surface area contributed by atoms with E-state index in [2.05, 4.69) is 203 Å². The van der Waals surface area contributed by atoms with Gasteiger partial charge >= 0.3 is 0 Å². The fourth-order valence-electron chi connectivity index (χ4n) is 10.5. The molecule has 0 atom stereocenters. The third-order valence-electron chi connectivity index (χ3n) is 13.6. The summed E-state index contributed by atoms with van der Waals surface area (Å²) >= 11 is 0. The van der Waals surface area contributed by atoms with Crippen LogP contribution >= 0.6 is 0 Å². The molecule has 322 valence electrons. The average molecular weight is 882 g/mol. The van der Waals surface area contributed by atoms with Gasteiger partial charge in [0.1, 0.15) is 11.2 Å². The first-order valence-corrected chi connectivity index (χ1v) is 23.3. The van der Waals surface area contributed by atoms with Crippen LogP contribution in [-0.2, 0) is 0 Å². The largest absolute Gasteiger partial charge is 0.456 e. The molecule has 0 radical (unpaired) electrons. The summed E-state index contributed by atoms with van der Waals surface area (Å²) in [6.45, 7) is 0. The number of nitrogens with zero attached hydrogens (tertiary/aromatic N) is 5. The quantitative estimate of drug-likeness (QED) is 0.160. The zero-order valence-corrected chi connectivity index (χ0v) is 37.2. The molecule has 6 nitrogen and oxygen atoms in total. The predicted molar refractivity (Wildman–Crippen MR) is 283 cm³/mol. The first kappa shape index (κ1) is 38.8. The number of hydrogen-bond acceptors (Lipinski definition) is 4. The summed E-state index contributed by atoms with van der Waals surface area (Å²) in [7, 11) is 0. The van der Waals surface area contributed by atoms with Gasteiger partial charge in [-0.3, -0.25) is 0 Å². The van der Waals surface area contributed by atoms with Gasteiger partial charge in [-0.2, -0.15) is 0 Å². The van der Waals surface area contributed by atoms with Crippen molar-refractivity contribution in [2.24, 2.45) is 0 Å². The van der Waals surface area contributed by atoms with E-state index in [1.54, 1.807) is 0 Å². The molecule has 0 saturated heterocycles. The van der Waals surface area contributed by atoms with E-state index in [9.17, 15) is 0 Å². The summed E-state index contributed by atoms with van der Waals surface area (Å²) in [6.07, 6.45) is 0. The lowest BCUT2D eigenvalue weighted by molar-refractivity contribution is 0.669. The van der Waals surface area contributed by atoms with Crippen LogP contribution in [0.25, 0.3) is 133 Å². The van der Waals surface area contributed by atoms with Crippen LogP contribution in [0.1, 0.15) is 0 Å². The van der Waals surface area contributed by atoms with Gasteiger partial charge in [-0.1, -0.05) is 182 Å². The molecule has 10 aromatic carbocycles. The molecule has 0 aliphatic rings. The topological polar surface area (TPSA) is 61.7 Å². The van der Waals surface area contributed by atoms with Gasteiger partial charge in [0.15, 0.2) is 17.5 Å². The van der Waals surface area contributed by atoms with Crippen molar-refractivity contribution in [3.63, 3.8) is 0 Å². The van der Waals surface area contributed by atoms with Crippen molar-refractivity contribution >= 4 is 65.6 Å². The zero-order valence-electron chi connectivity index (χ0n) is 37.2. The molecular weight excluding hydrogens is 843 g/mol. The maximum Gasteiger partial charge on any atom is 0.164 e. The Hall–Kier alpha value is -9.39. The fourth-order valence-corrected chi connectivity index (χ4v) is 10.5. The Morgan fingerprint density at radius 2 is 0.826 bits per heavy atom. The monoisotopic (exact) mass is 881 g/mol. The molecule has 69 heavy (non-hydrogen) atoms. The Kier molecular flexibility index (Phi) is 8.79. The van der Waals surface area contributed by atoms with Crippen LogP contribution in [0.2, 0.25) is 0 Å². The smallest absolute Gasteiger partial charge is 0.164 e. The Morgan fingerprint density at radius 1 is 0.304 bits per heavy atom. The molecule has 0 aliphatic heterocycles. The molecule has 0 N–H and O–H groups in total. The number of fused-ring (bicyclic) bond motifs is 10. The Balaban J connectivity index is 1.05. The Morgan fingerprint density at radius 3 is 1.57 bits per heavy atom. The third-order valence-corrected chi connectivity index (χ3v) is 13.6. The Labute approximate surface area is 396 Å². The van der Waals surface area contributed by atoms with E-state index in [4.69, 9.17) is 19.4 Å². The van der Waals surface area contributed by atoms with Crippen LogP contribution < -0.4 is 0 Å². The average Bonchev–Trinajstić information content (AvgIpc) is 4.09. The number of rotatable bonds is 7. The van der Waals surface area contributed by atoms with Crippen molar-refractivity contribution in [2.75, 3.05) is 0 Å². The standard InChI is InChI=1S/C63H39N5O/c1-5-17-40(18-6-1)42-31-33-44(34-32-42)62-64-61(43-21-9-3-10-22-43)65-63(66-62)50-27-16-30-55-57(50)58-56(69-55)38-36-49-48-26-15-29-54(59(48)67(60(49)58)46-23-11-4-12-24-46)68-52-28-14-13-25-47(52)51-39-45(35-37-53(51)68)41-19-7-2-8-20-41/h1-39H. The molecular formula is C63H39N5O. The van der Waals surface area contributed by atoms with Gasteiger partial charge in [-0.05, 0) is 76.9 Å². The minimum Gasteiger partial charge on any atom is -0.456 e. The second kappa shape index (κ2) is 15.6. The summed E-state index contributed by atoms with van der Waals surface area (Å²) in [5.74, 6) is 1.76. The van der Waals surface area contributed by atoms with Gasteiger partial charge in [0.2, 0.25) is 0 Å². The third kappa shape index (κ3) is 6.23. The van der Waals surface area contributed by atoms with Gasteiger partial charge < -0.3 is 13.6 Å². The lowest BCUT2D eigenvalue weighted by Crippen LogP contribution is -2.01. The first-order valence-electron chi connectivity index (χ1n) is 23.3. The molecule has 0 spiro atoms. The van der Waals surface area contributed by atoms with Gasteiger partial charge in [-0.25, -0.2) is 15.0 Å². The van der Waals surface area contributed by atoms with Crippen molar-refractivity contribution in [3.05, 3.63) is 237 Å². The SMILES string of the molecule is c1ccc(-c2ccc(-c3nc(-c4ccccc4)nc(-c4cccc5oc6ccc7c8cccc(-n9c%10ccccc%10c%10cc(-c%11ccccc%11)ccc%109)c8n(-c8ccccc8)c7c6c45)n3)cc2)cc1. The molecule has 0 unspecified atom stereocenters. The highest BCUT2D eigenvalue weighted by molar-refractivity contribution is 6.27. The van der Waals surface area contributed by atoms with Crippen molar-refractivity contribution < 1.29 is 4.42 Å². The maximum atomic E-state index is 6.87. The molecule has 4 heterocycles. The second-order valence-electron chi connectivity index (χ2n) is 17.5. The fraction of sp³-hybridized carbons (Fsp3) is 0. The van der Waals surface area contributed by atoms with Gasteiger partial charge in [0.05, 0.1) is 33.1 Å². The normalized spacial score (nSPS) is 11.8. The minimum atomic E-state index is 0.569. The lowest BCUT2D eigenvalue weighted by atomic mass is 10.0. The van der Waals surface area contributed by atoms with Gasteiger partial charge in [0, 0.05) is 49.3 Å². The first-order chi connectivity index (χ1) is 34.2. The Bertz CT molecular complexity index is 4270. The number of para-hydroxylation sites is 3. The summed E-state index contributed by atoms with van der Waals surface area (Å²) in [5, 5.41) is 6.61. The van der Waals surface area contributed by atoms with Gasteiger partial charge in [-0.15, -0.1) is 0 Å². The van der Waals surface area contributed by atoms with Crippen LogP contribution in [0.15, 0.2) is 241 Å². The number of hydrogen-bond donors (Lipinski definition) is 0. The summed E-state index contributed by atoms with van der Waals surface area (Å²) in [5.41, 5.74) is 15.4. The molecule has 6 heteroatoms. The number of furan rings is 1. The van der Waals surface area contributed by atoms with E-state index in [-0.39, 0.29) is 0 Å². The highest BCUT2D eigenvalue weighted by Crippen LogP contribution is 2.46. The number of benzene rings is 10. The van der Waals surface area contributed by atoms with Crippen molar-refractivity contribution in [1.82, 2.24) is 24.1 Å². The van der Waals surface area contributed by atoms with Crippen molar-refractivity contribution in [1.29, 1.82) is 0 Å². The molecule has 14 rings (SSSR count). The minimum absolute atomic E-state index is 0.569. The van der Waals surface area contributed by atoms with Crippen molar-refractivity contribution in [2.45, 2.75) is 0 Å². The van der Waals surface area contributed by atoms with Crippen LogP contribution in [0.3, 0.4) is 0 Å². The van der Waals surface area contributed by atoms with E-state index in [1.807, 2.05) is 42.5 Å². The molecule has 0 amide bonds. The van der Waals surface area contributed by atoms with Gasteiger partial charge in [0.25, 0.3) is 0 Å². The van der Waals surface area contributed by atoms with E-state index >= 15 is 0 Å². The molecule has 4 aromatic heterocycles. The lowest BCUT2D eigenvalue weighted by Gasteiger charge is -2.15. The summed E-state index contributed by atoms with van der Waals surface area (Å²) < 4.78 is 11.8. The van der Waals surface area contributed by atoms with E-state index in [0.717, 1.165) is 94.0 Å². The van der Waals surface area contributed by atoms with E-state index in [1.165, 1.54) is 21.9 Å². The van der Waals surface area contributed by atoms with E-state index < -0.39 is 0 Å². The molecule has 0 bridgehead atoms.